The molecule has 0 aliphatic heterocycles. The highest BCUT2D eigenvalue weighted by Gasteiger charge is 2.29. The highest BCUT2D eigenvalue weighted by Crippen LogP contribution is 2.26. The second-order valence-corrected chi connectivity index (χ2v) is 12.2. The Labute approximate surface area is 226 Å². The average Bonchev–Trinajstić information content (AvgIpc) is 2.87. The first-order chi connectivity index (χ1) is 18.0. The fraction of sp³-hybridized carbons (Fsp3) is 0.517. The van der Waals surface area contributed by atoms with Crippen molar-refractivity contribution in [2.75, 3.05) is 17.1 Å². The van der Waals surface area contributed by atoms with Crippen LogP contribution >= 0.6 is 0 Å². The molecule has 0 aromatic heterocycles. The van der Waals surface area contributed by atoms with E-state index in [1.165, 1.54) is 15.3 Å². The summed E-state index contributed by atoms with van der Waals surface area (Å²) in [6.45, 7) is 5.53. The van der Waals surface area contributed by atoms with E-state index in [-0.39, 0.29) is 43.8 Å². The van der Waals surface area contributed by atoms with E-state index >= 15 is 0 Å². The van der Waals surface area contributed by atoms with Gasteiger partial charge in [-0.1, -0.05) is 49.6 Å². The van der Waals surface area contributed by atoms with Crippen molar-refractivity contribution in [2.24, 2.45) is 0 Å². The number of rotatable bonds is 11. The lowest BCUT2D eigenvalue weighted by atomic mass is 9.95. The van der Waals surface area contributed by atoms with Crippen molar-refractivity contribution in [3.63, 3.8) is 0 Å². The Morgan fingerprint density at radius 1 is 1.05 bits per heavy atom. The van der Waals surface area contributed by atoms with Crippen molar-refractivity contribution in [2.45, 2.75) is 84.3 Å². The van der Waals surface area contributed by atoms with Crippen LogP contribution in [0.4, 0.5) is 10.1 Å². The largest absolute Gasteiger partial charge is 0.352 e. The van der Waals surface area contributed by atoms with Gasteiger partial charge < -0.3 is 10.2 Å². The minimum Gasteiger partial charge on any atom is -0.352 e. The Hall–Kier alpha value is -2.94. The van der Waals surface area contributed by atoms with Gasteiger partial charge >= 0.3 is 0 Å². The van der Waals surface area contributed by atoms with Gasteiger partial charge in [-0.3, -0.25) is 13.9 Å². The topological polar surface area (TPSA) is 86.8 Å². The summed E-state index contributed by atoms with van der Waals surface area (Å²) in [7, 11) is -3.58. The number of halogens is 1. The molecule has 38 heavy (non-hydrogen) atoms. The summed E-state index contributed by atoms with van der Waals surface area (Å²) < 4.78 is 41.0. The Morgan fingerprint density at radius 2 is 1.74 bits per heavy atom. The summed E-state index contributed by atoms with van der Waals surface area (Å²) in [5.41, 5.74) is 2.74. The van der Waals surface area contributed by atoms with Crippen LogP contribution < -0.4 is 9.62 Å². The number of nitrogens with zero attached hydrogens (tertiary/aromatic N) is 2. The lowest BCUT2D eigenvalue weighted by molar-refractivity contribution is -0.141. The highest BCUT2D eigenvalue weighted by molar-refractivity contribution is 7.92. The van der Waals surface area contributed by atoms with Crippen LogP contribution in [0.2, 0.25) is 0 Å². The van der Waals surface area contributed by atoms with E-state index in [1.807, 2.05) is 26.0 Å². The van der Waals surface area contributed by atoms with Crippen molar-refractivity contribution in [3.8, 4) is 0 Å². The minimum absolute atomic E-state index is 0.0202. The van der Waals surface area contributed by atoms with Gasteiger partial charge in [0.2, 0.25) is 21.8 Å². The fourth-order valence-corrected chi connectivity index (χ4v) is 5.97. The number of nitrogens with one attached hydrogen (secondary N) is 1. The van der Waals surface area contributed by atoms with E-state index in [1.54, 1.807) is 31.2 Å². The standard InChI is InChI=1S/C29H40FN3O4S/c1-21-12-10-17-27(22(21)2)33(38(4,36)37)19-11-18-28(34)32(20-24-13-8-9-16-26(24)30)23(3)29(35)31-25-14-6-5-7-15-25/h8-10,12-13,16-17,23,25H,5-7,11,14-15,18-20H2,1-4H3,(H,31,35)/t23-/m1/s1. The van der Waals surface area contributed by atoms with Gasteiger partial charge in [0.15, 0.2) is 0 Å². The third-order valence-corrected chi connectivity index (χ3v) is 8.59. The van der Waals surface area contributed by atoms with Crippen LogP contribution in [0, 0.1) is 19.7 Å². The quantitative estimate of drug-likeness (QED) is 0.437. The smallest absolute Gasteiger partial charge is 0.242 e. The van der Waals surface area contributed by atoms with E-state index < -0.39 is 21.9 Å². The minimum atomic E-state index is -3.58. The van der Waals surface area contributed by atoms with Gasteiger partial charge in [-0.25, -0.2) is 12.8 Å². The Morgan fingerprint density at radius 3 is 2.39 bits per heavy atom. The molecule has 3 rings (SSSR count). The number of aryl methyl sites for hydroxylation is 1. The van der Waals surface area contributed by atoms with Crippen LogP contribution in [-0.2, 0) is 26.2 Å². The van der Waals surface area contributed by atoms with E-state index in [9.17, 15) is 22.4 Å². The predicted octanol–water partition coefficient (Wildman–Crippen LogP) is 4.85. The molecule has 0 bridgehead atoms. The normalized spacial score (nSPS) is 15.1. The zero-order valence-corrected chi connectivity index (χ0v) is 23.7. The molecule has 1 atom stereocenters. The molecule has 2 amide bonds. The van der Waals surface area contributed by atoms with Gasteiger partial charge in [0.25, 0.3) is 0 Å². The molecule has 2 aromatic carbocycles. The summed E-state index contributed by atoms with van der Waals surface area (Å²) in [5, 5.41) is 3.07. The number of hydrogen-bond acceptors (Lipinski definition) is 4. The molecule has 1 aliphatic rings. The second-order valence-electron chi connectivity index (χ2n) is 10.3. The summed E-state index contributed by atoms with van der Waals surface area (Å²) in [4.78, 5) is 28.0. The van der Waals surface area contributed by atoms with Gasteiger partial charge in [0.1, 0.15) is 11.9 Å². The first-order valence-corrected chi connectivity index (χ1v) is 15.2. The Kier molecular flexibility index (Phi) is 10.3. The molecule has 7 nitrogen and oxygen atoms in total. The van der Waals surface area contributed by atoms with E-state index in [0.29, 0.717) is 11.3 Å². The van der Waals surface area contributed by atoms with Crippen molar-refractivity contribution >= 4 is 27.5 Å². The molecular formula is C29H40FN3O4S. The molecule has 9 heteroatoms. The number of amides is 2. The first kappa shape index (κ1) is 29.6. The number of sulfonamides is 1. The van der Waals surface area contributed by atoms with E-state index in [0.717, 1.165) is 49.5 Å². The molecule has 1 saturated carbocycles. The average molecular weight is 546 g/mol. The molecule has 0 unspecified atom stereocenters. The van der Waals surface area contributed by atoms with Crippen LogP contribution in [0.25, 0.3) is 0 Å². The van der Waals surface area contributed by atoms with Gasteiger partial charge in [0.05, 0.1) is 11.9 Å². The SMILES string of the molecule is Cc1cccc(N(CCCC(=O)N(Cc2ccccc2F)[C@H](C)C(=O)NC2CCCCC2)S(C)(=O)=O)c1C. The van der Waals surface area contributed by atoms with E-state index in [4.69, 9.17) is 0 Å². The third-order valence-electron chi connectivity index (χ3n) is 7.41. The van der Waals surface area contributed by atoms with Crippen molar-refractivity contribution in [1.29, 1.82) is 0 Å². The van der Waals surface area contributed by atoms with Crippen LogP contribution in [-0.4, -0.2) is 50.0 Å². The lowest BCUT2D eigenvalue weighted by Gasteiger charge is -2.31. The monoisotopic (exact) mass is 545 g/mol. The van der Waals surface area contributed by atoms with Crippen LogP contribution in [0.3, 0.4) is 0 Å². The molecule has 0 saturated heterocycles. The summed E-state index contributed by atoms with van der Waals surface area (Å²) in [6, 6.07) is 11.0. The summed E-state index contributed by atoms with van der Waals surface area (Å²) >= 11 is 0. The molecule has 1 N–H and O–H groups in total. The lowest BCUT2D eigenvalue weighted by Crippen LogP contribution is -2.50. The van der Waals surface area contributed by atoms with Gasteiger partial charge in [-0.05, 0) is 63.3 Å². The zero-order chi connectivity index (χ0) is 27.9. The number of hydrogen-bond donors (Lipinski definition) is 1. The summed E-state index contributed by atoms with van der Waals surface area (Å²) in [6.07, 6.45) is 6.54. The molecule has 1 fully saturated rings. The number of benzene rings is 2. The molecule has 1 aliphatic carbocycles. The third kappa shape index (κ3) is 7.79. The van der Waals surface area contributed by atoms with Gasteiger partial charge in [0, 0.05) is 31.1 Å². The Balaban J connectivity index is 1.75. The fourth-order valence-electron chi connectivity index (χ4n) is 4.95. The molecular weight excluding hydrogens is 505 g/mol. The molecule has 0 heterocycles. The molecule has 208 valence electrons. The number of anilines is 1. The Bertz CT molecular complexity index is 1230. The van der Waals surface area contributed by atoms with Crippen molar-refractivity contribution < 1.29 is 22.4 Å². The van der Waals surface area contributed by atoms with Gasteiger partial charge in [-0.2, -0.15) is 0 Å². The van der Waals surface area contributed by atoms with Crippen LogP contribution in [0.15, 0.2) is 42.5 Å². The second kappa shape index (κ2) is 13.2. The maximum Gasteiger partial charge on any atom is 0.242 e. The van der Waals surface area contributed by atoms with E-state index in [2.05, 4.69) is 5.32 Å². The first-order valence-electron chi connectivity index (χ1n) is 13.4. The molecule has 0 spiro atoms. The number of carbonyl (C=O) groups excluding carboxylic acids is 2. The van der Waals surface area contributed by atoms with Gasteiger partial charge in [-0.15, -0.1) is 0 Å². The van der Waals surface area contributed by atoms with Crippen molar-refractivity contribution in [1.82, 2.24) is 10.2 Å². The summed E-state index contributed by atoms with van der Waals surface area (Å²) in [5.74, 6) is -1.02. The van der Waals surface area contributed by atoms with Crippen LogP contribution in [0.1, 0.15) is 68.6 Å². The number of carbonyl (C=O) groups is 2. The molecule has 2 aromatic rings. The molecule has 0 radical (unpaired) electrons. The highest BCUT2D eigenvalue weighted by atomic mass is 32.2. The zero-order valence-electron chi connectivity index (χ0n) is 22.9. The maximum atomic E-state index is 14.5. The van der Waals surface area contributed by atoms with Crippen molar-refractivity contribution in [3.05, 3.63) is 65.0 Å². The predicted molar refractivity (Wildman–Crippen MR) is 149 cm³/mol. The van der Waals surface area contributed by atoms with Crippen LogP contribution in [0.5, 0.6) is 0 Å². The maximum absolute atomic E-state index is 14.5.